The largest absolute Gasteiger partial charge is 0.490 e. The first kappa shape index (κ1) is 15.8. The van der Waals surface area contributed by atoms with Gasteiger partial charge < -0.3 is 10.1 Å². The minimum Gasteiger partial charge on any atom is -0.490 e. The Bertz CT molecular complexity index is 655. The molecule has 116 valence electrons. The highest BCUT2D eigenvalue weighted by Crippen LogP contribution is 2.29. The van der Waals surface area contributed by atoms with Crippen LogP contribution in [0.2, 0.25) is 0 Å². The number of hydrogen-bond donors (Lipinski definition) is 1. The Morgan fingerprint density at radius 1 is 1.23 bits per heavy atom. The smallest absolute Gasteiger partial charge is 0.416 e. The monoisotopic (exact) mass is 310 g/mol. The average Bonchev–Trinajstić information content (AvgIpc) is 2.49. The lowest BCUT2D eigenvalue weighted by molar-refractivity contribution is -0.137. The van der Waals surface area contributed by atoms with Gasteiger partial charge in [-0.05, 0) is 43.3 Å². The van der Waals surface area contributed by atoms with Crippen LogP contribution < -0.4 is 10.1 Å². The van der Waals surface area contributed by atoms with Crippen molar-refractivity contribution in [3.63, 3.8) is 0 Å². The van der Waals surface area contributed by atoms with Crippen molar-refractivity contribution in [1.82, 2.24) is 4.98 Å². The number of alkyl halides is 3. The Morgan fingerprint density at radius 3 is 2.50 bits per heavy atom. The molecule has 0 saturated carbocycles. The van der Waals surface area contributed by atoms with Crippen LogP contribution in [0.5, 0.6) is 5.75 Å². The highest BCUT2D eigenvalue weighted by atomic mass is 19.4. The zero-order valence-electron chi connectivity index (χ0n) is 11.6. The summed E-state index contributed by atoms with van der Waals surface area (Å²) >= 11 is 0. The van der Waals surface area contributed by atoms with Gasteiger partial charge in [0.1, 0.15) is 0 Å². The molecule has 0 atom stereocenters. The van der Waals surface area contributed by atoms with Crippen molar-refractivity contribution in [3.05, 3.63) is 53.7 Å². The molecular weight excluding hydrogens is 297 g/mol. The molecule has 0 bridgehead atoms. The van der Waals surface area contributed by atoms with Gasteiger partial charge in [-0.25, -0.2) is 4.98 Å². The number of anilines is 1. The van der Waals surface area contributed by atoms with E-state index in [4.69, 9.17) is 4.74 Å². The SMILES string of the molecule is CCOc1cccnc1NC(=O)c1ccc(C(F)(F)F)cc1. The summed E-state index contributed by atoms with van der Waals surface area (Å²) in [4.78, 5) is 16.0. The highest BCUT2D eigenvalue weighted by Gasteiger charge is 2.30. The Balaban J connectivity index is 2.16. The summed E-state index contributed by atoms with van der Waals surface area (Å²) in [6.45, 7) is 2.18. The van der Waals surface area contributed by atoms with E-state index in [0.29, 0.717) is 12.4 Å². The molecule has 0 aliphatic carbocycles. The zero-order chi connectivity index (χ0) is 16.2. The number of nitrogens with one attached hydrogen (secondary N) is 1. The predicted molar refractivity (Wildman–Crippen MR) is 74.8 cm³/mol. The van der Waals surface area contributed by atoms with E-state index >= 15 is 0 Å². The van der Waals surface area contributed by atoms with Crippen LogP contribution in [0.4, 0.5) is 19.0 Å². The fourth-order valence-electron chi connectivity index (χ4n) is 1.75. The van der Waals surface area contributed by atoms with Crippen molar-refractivity contribution in [2.24, 2.45) is 0 Å². The van der Waals surface area contributed by atoms with Crippen LogP contribution in [-0.4, -0.2) is 17.5 Å². The first-order valence-electron chi connectivity index (χ1n) is 6.48. The number of carbonyl (C=O) groups excluding carboxylic acids is 1. The van der Waals surface area contributed by atoms with E-state index in [-0.39, 0.29) is 11.4 Å². The summed E-state index contributed by atoms with van der Waals surface area (Å²) in [5.41, 5.74) is -0.710. The molecular formula is C15H13F3N2O2. The van der Waals surface area contributed by atoms with E-state index in [1.54, 1.807) is 19.1 Å². The standard InChI is InChI=1S/C15H13F3N2O2/c1-2-22-12-4-3-9-19-13(12)20-14(21)10-5-7-11(8-6-10)15(16,17)18/h3-9H,2H2,1H3,(H,19,20,21). The molecule has 1 aromatic carbocycles. The van der Waals surface area contributed by atoms with E-state index in [9.17, 15) is 18.0 Å². The van der Waals surface area contributed by atoms with Gasteiger partial charge in [0.05, 0.1) is 12.2 Å². The number of aromatic nitrogens is 1. The highest BCUT2D eigenvalue weighted by molar-refractivity contribution is 6.04. The molecule has 0 spiro atoms. The molecule has 0 aliphatic rings. The molecule has 1 N–H and O–H groups in total. The van der Waals surface area contributed by atoms with Gasteiger partial charge in [-0.15, -0.1) is 0 Å². The molecule has 22 heavy (non-hydrogen) atoms. The van der Waals surface area contributed by atoms with E-state index in [0.717, 1.165) is 24.3 Å². The van der Waals surface area contributed by atoms with Crippen LogP contribution >= 0.6 is 0 Å². The lowest BCUT2D eigenvalue weighted by Crippen LogP contribution is -2.14. The van der Waals surface area contributed by atoms with Gasteiger partial charge in [0.15, 0.2) is 11.6 Å². The maximum absolute atomic E-state index is 12.5. The zero-order valence-corrected chi connectivity index (χ0v) is 11.6. The Labute approximate surface area is 124 Å². The maximum atomic E-state index is 12.5. The molecule has 1 heterocycles. The summed E-state index contributed by atoms with van der Waals surface area (Å²) in [5, 5.41) is 2.51. The van der Waals surface area contributed by atoms with Gasteiger partial charge in [-0.3, -0.25) is 4.79 Å². The van der Waals surface area contributed by atoms with Gasteiger partial charge >= 0.3 is 6.18 Å². The molecule has 0 fully saturated rings. The third-order valence-electron chi connectivity index (χ3n) is 2.78. The van der Waals surface area contributed by atoms with Gasteiger partial charge in [0, 0.05) is 11.8 Å². The minimum atomic E-state index is -4.43. The van der Waals surface area contributed by atoms with Gasteiger partial charge in [0.2, 0.25) is 0 Å². The average molecular weight is 310 g/mol. The minimum absolute atomic E-state index is 0.0982. The first-order valence-corrected chi connectivity index (χ1v) is 6.48. The molecule has 2 rings (SSSR count). The van der Waals surface area contributed by atoms with E-state index < -0.39 is 17.6 Å². The Hall–Kier alpha value is -2.57. The third kappa shape index (κ3) is 3.75. The van der Waals surface area contributed by atoms with Gasteiger partial charge in [0.25, 0.3) is 5.91 Å². The topological polar surface area (TPSA) is 51.2 Å². The molecule has 0 unspecified atom stereocenters. The number of pyridine rings is 1. The molecule has 2 aromatic rings. The maximum Gasteiger partial charge on any atom is 0.416 e. The van der Waals surface area contributed by atoms with E-state index in [1.165, 1.54) is 6.20 Å². The number of rotatable bonds is 4. The summed E-state index contributed by atoms with van der Waals surface area (Å²) in [6.07, 6.45) is -2.96. The number of nitrogens with zero attached hydrogens (tertiary/aromatic N) is 1. The molecule has 7 heteroatoms. The number of ether oxygens (including phenoxy) is 1. The number of benzene rings is 1. The second-order valence-corrected chi connectivity index (χ2v) is 4.31. The van der Waals surface area contributed by atoms with Crippen LogP contribution in [-0.2, 0) is 6.18 Å². The molecule has 0 aliphatic heterocycles. The fourth-order valence-corrected chi connectivity index (χ4v) is 1.75. The molecule has 4 nitrogen and oxygen atoms in total. The normalized spacial score (nSPS) is 11.1. The van der Waals surface area contributed by atoms with Crippen LogP contribution in [0, 0.1) is 0 Å². The van der Waals surface area contributed by atoms with Crippen LogP contribution in [0.3, 0.4) is 0 Å². The Kier molecular flexibility index (Phi) is 4.65. The van der Waals surface area contributed by atoms with Crippen molar-refractivity contribution in [3.8, 4) is 5.75 Å². The predicted octanol–water partition coefficient (Wildman–Crippen LogP) is 3.75. The lowest BCUT2D eigenvalue weighted by atomic mass is 10.1. The van der Waals surface area contributed by atoms with Gasteiger partial charge in [-0.1, -0.05) is 0 Å². The molecule has 0 saturated heterocycles. The Morgan fingerprint density at radius 2 is 1.91 bits per heavy atom. The molecule has 1 aromatic heterocycles. The van der Waals surface area contributed by atoms with Crippen molar-refractivity contribution in [2.75, 3.05) is 11.9 Å². The summed E-state index contributed by atoms with van der Waals surface area (Å²) in [6, 6.07) is 7.23. The number of amides is 1. The first-order chi connectivity index (χ1) is 10.4. The van der Waals surface area contributed by atoms with E-state index in [1.807, 2.05) is 0 Å². The second-order valence-electron chi connectivity index (χ2n) is 4.31. The second kappa shape index (κ2) is 6.46. The quantitative estimate of drug-likeness (QED) is 0.935. The summed E-state index contributed by atoms with van der Waals surface area (Å²) in [7, 11) is 0. The number of carbonyl (C=O) groups is 1. The van der Waals surface area contributed by atoms with Gasteiger partial charge in [-0.2, -0.15) is 13.2 Å². The van der Waals surface area contributed by atoms with Crippen molar-refractivity contribution >= 4 is 11.7 Å². The van der Waals surface area contributed by atoms with Crippen LogP contribution in [0.25, 0.3) is 0 Å². The molecule has 1 amide bonds. The van der Waals surface area contributed by atoms with Crippen molar-refractivity contribution in [2.45, 2.75) is 13.1 Å². The summed E-state index contributed by atoms with van der Waals surface area (Å²) in [5.74, 6) is 0.0490. The fraction of sp³-hybridized carbons (Fsp3) is 0.200. The van der Waals surface area contributed by atoms with Crippen molar-refractivity contribution in [1.29, 1.82) is 0 Å². The third-order valence-corrected chi connectivity index (χ3v) is 2.78. The molecule has 0 radical (unpaired) electrons. The lowest BCUT2D eigenvalue weighted by Gasteiger charge is -2.11. The van der Waals surface area contributed by atoms with Crippen LogP contribution in [0.15, 0.2) is 42.6 Å². The number of hydrogen-bond acceptors (Lipinski definition) is 3. The number of halogens is 3. The van der Waals surface area contributed by atoms with Crippen molar-refractivity contribution < 1.29 is 22.7 Å². The summed E-state index contributed by atoms with van der Waals surface area (Å²) < 4.78 is 42.7. The van der Waals surface area contributed by atoms with E-state index in [2.05, 4.69) is 10.3 Å². The van der Waals surface area contributed by atoms with Crippen LogP contribution in [0.1, 0.15) is 22.8 Å².